The van der Waals surface area contributed by atoms with Gasteiger partial charge in [-0.05, 0) is 37.2 Å². The van der Waals surface area contributed by atoms with Crippen molar-refractivity contribution >= 4 is 23.2 Å². The smallest absolute Gasteiger partial charge is 0.227 e. The van der Waals surface area contributed by atoms with E-state index in [1.807, 2.05) is 6.92 Å². The predicted molar refractivity (Wildman–Crippen MR) is 81.5 cm³/mol. The lowest BCUT2D eigenvalue weighted by Crippen LogP contribution is -2.48. The van der Waals surface area contributed by atoms with Crippen molar-refractivity contribution in [1.82, 2.24) is 5.32 Å². The second kappa shape index (κ2) is 6.58. The van der Waals surface area contributed by atoms with Crippen LogP contribution in [0.15, 0.2) is 18.2 Å². The lowest BCUT2D eigenvalue weighted by atomic mass is 9.88. The number of hydrogen-bond acceptors (Lipinski definition) is 4. The van der Waals surface area contributed by atoms with Crippen LogP contribution in [0.2, 0.25) is 0 Å². The van der Waals surface area contributed by atoms with E-state index in [1.54, 1.807) is 18.2 Å². The van der Waals surface area contributed by atoms with E-state index >= 15 is 0 Å². The van der Waals surface area contributed by atoms with Crippen molar-refractivity contribution in [2.24, 2.45) is 11.8 Å². The summed E-state index contributed by atoms with van der Waals surface area (Å²) in [6, 6.07) is 5.17. The average Bonchev–Trinajstić information content (AvgIpc) is 2.36. The first-order valence-electron chi connectivity index (χ1n) is 6.98. The van der Waals surface area contributed by atoms with Crippen LogP contribution in [-0.4, -0.2) is 32.0 Å². The molecule has 0 saturated carbocycles. The van der Waals surface area contributed by atoms with E-state index in [1.165, 1.54) is 14.0 Å². The Hall–Kier alpha value is -2.08. The van der Waals surface area contributed by atoms with Crippen LogP contribution in [0.1, 0.15) is 13.8 Å². The third-order valence-corrected chi connectivity index (χ3v) is 3.71. The summed E-state index contributed by atoms with van der Waals surface area (Å²) in [5.41, 5.74) is 1.18. The molecule has 0 radical (unpaired) electrons. The lowest BCUT2D eigenvalue weighted by Gasteiger charge is -2.31. The zero-order chi connectivity index (χ0) is 15.4. The van der Waals surface area contributed by atoms with E-state index in [-0.39, 0.29) is 17.7 Å². The summed E-state index contributed by atoms with van der Waals surface area (Å²) in [7, 11) is 1.53. The minimum Gasteiger partial charge on any atom is -0.495 e. The summed E-state index contributed by atoms with van der Waals surface area (Å²) < 4.78 is 5.18. The number of hydrogen-bond donors (Lipinski definition) is 3. The first-order valence-corrected chi connectivity index (χ1v) is 6.98. The Labute approximate surface area is 124 Å². The van der Waals surface area contributed by atoms with Gasteiger partial charge in [0.2, 0.25) is 11.8 Å². The minimum absolute atomic E-state index is 0.0135. The third kappa shape index (κ3) is 3.72. The van der Waals surface area contributed by atoms with E-state index in [0.717, 1.165) is 13.1 Å². The molecule has 3 N–H and O–H groups in total. The quantitative estimate of drug-likeness (QED) is 0.767. The number of benzene rings is 1. The zero-order valence-electron chi connectivity index (χ0n) is 12.5. The SMILES string of the molecule is COc1ccc(NC(=O)C(C)C2CNC2)cc1NC(C)=O. The number of methoxy groups -OCH3 is 1. The molecule has 1 aromatic rings. The number of anilines is 2. The van der Waals surface area contributed by atoms with Gasteiger partial charge in [-0.1, -0.05) is 6.92 Å². The summed E-state index contributed by atoms with van der Waals surface area (Å²) in [4.78, 5) is 23.4. The molecule has 0 aromatic heterocycles. The predicted octanol–water partition coefficient (Wildman–Crippen LogP) is 1.45. The average molecular weight is 291 g/mol. The molecule has 0 spiro atoms. The van der Waals surface area contributed by atoms with Crippen LogP contribution in [0.5, 0.6) is 5.75 Å². The molecule has 6 heteroatoms. The van der Waals surface area contributed by atoms with Gasteiger partial charge in [0, 0.05) is 18.5 Å². The summed E-state index contributed by atoms with van der Waals surface area (Å²) in [6.07, 6.45) is 0. The normalized spacial score (nSPS) is 15.8. The highest BCUT2D eigenvalue weighted by atomic mass is 16.5. The van der Waals surface area contributed by atoms with Crippen LogP contribution in [0, 0.1) is 11.8 Å². The van der Waals surface area contributed by atoms with Crippen LogP contribution < -0.4 is 20.7 Å². The van der Waals surface area contributed by atoms with Crippen LogP contribution in [-0.2, 0) is 9.59 Å². The highest BCUT2D eigenvalue weighted by Crippen LogP contribution is 2.28. The molecule has 2 amide bonds. The van der Waals surface area contributed by atoms with Gasteiger partial charge in [-0.3, -0.25) is 9.59 Å². The molecular formula is C15H21N3O3. The van der Waals surface area contributed by atoms with Crippen molar-refractivity contribution in [2.75, 3.05) is 30.8 Å². The van der Waals surface area contributed by atoms with Crippen molar-refractivity contribution in [3.05, 3.63) is 18.2 Å². The van der Waals surface area contributed by atoms with Crippen LogP contribution in [0.25, 0.3) is 0 Å². The maximum absolute atomic E-state index is 12.2. The Morgan fingerprint density at radius 1 is 1.33 bits per heavy atom. The number of amides is 2. The number of carbonyl (C=O) groups excluding carboxylic acids is 2. The summed E-state index contributed by atoms with van der Waals surface area (Å²) in [5, 5.41) is 8.73. The van der Waals surface area contributed by atoms with Gasteiger partial charge < -0.3 is 20.7 Å². The summed E-state index contributed by atoms with van der Waals surface area (Å²) >= 11 is 0. The Morgan fingerprint density at radius 3 is 2.57 bits per heavy atom. The van der Waals surface area contributed by atoms with Gasteiger partial charge in [-0.15, -0.1) is 0 Å². The Balaban J connectivity index is 2.08. The van der Waals surface area contributed by atoms with E-state index in [2.05, 4.69) is 16.0 Å². The first-order chi connectivity index (χ1) is 10.0. The highest BCUT2D eigenvalue weighted by Gasteiger charge is 2.28. The largest absolute Gasteiger partial charge is 0.495 e. The van der Waals surface area contributed by atoms with Crippen molar-refractivity contribution in [3.8, 4) is 5.75 Å². The Bertz CT molecular complexity index is 541. The molecule has 1 heterocycles. The van der Waals surface area contributed by atoms with Crippen LogP contribution >= 0.6 is 0 Å². The molecular weight excluding hydrogens is 270 g/mol. The van der Waals surface area contributed by atoms with E-state index < -0.39 is 0 Å². The maximum atomic E-state index is 12.2. The highest BCUT2D eigenvalue weighted by molar-refractivity contribution is 5.95. The van der Waals surface area contributed by atoms with Crippen molar-refractivity contribution in [2.45, 2.75) is 13.8 Å². The molecule has 1 fully saturated rings. The molecule has 1 aliphatic rings. The van der Waals surface area contributed by atoms with Gasteiger partial charge in [0.1, 0.15) is 5.75 Å². The van der Waals surface area contributed by atoms with Gasteiger partial charge in [-0.25, -0.2) is 0 Å². The summed E-state index contributed by atoms with van der Waals surface area (Å²) in [6.45, 7) is 5.12. The molecule has 1 unspecified atom stereocenters. The van der Waals surface area contributed by atoms with Gasteiger partial charge in [-0.2, -0.15) is 0 Å². The topological polar surface area (TPSA) is 79.5 Å². The maximum Gasteiger partial charge on any atom is 0.227 e. The fraction of sp³-hybridized carbons (Fsp3) is 0.467. The minimum atomic E-state index is -0.189. The molecule has 1 aromatic carbocycles. The molecule has 1 aliphatic heterocycles. The number of ether oxygens (including phenoxy) is 1. The molecule has 1 atom stereocenters. The molecule has 2 rings (SSSR count). The molecule has 21 heavy (non-hydrogen) atoms. The molecule has 0 aliphatic carbocycles. The van der Waals surface area contributed by atoms with Crippen LogP contribution in [0.3, 0.4) is 0 Å². The van der Waals surface area contributed by atoms with E-state index in [4.69, 9.17) is 4.74 Å². The molecule has 6 nitrogen and oxygen atoms in total. The second-order valence-electron chi connectivity index (χ2n) is 5.29. The summed E-state index contributed by atoms with van der Waals surface area (Å²) in [5.74, 6) is 0.696. The molecule has 0 bridgehead atoms. The van der Waals surface area contributed by atoms with Crippen molar-refractivity contribution < 1.29 is 14.3 Å². The van der Waals surface area contributed by atoms with Crippen molar-refractivity contribution in [3.63, 3.8) is 0 Å². The Kier molecular flexibility index (Phi) is 4.80. The molecule has 114 valence electrons. The van der Waals surface area contributed by atoms with Gasteiger partial charge >= 0.3 is 0 Å². The number of carbonyl (C=O) groups is 2. The van der Waals surface area contributed by atoms with Gasteiger partial charge in [0.15, 0.2) is 0 Å². The third-order valence-electron chi connectivity index (χ3n) is 3.71. The fourth-order valence-corrected chi connectivity index (χ4v) is 2.21. The van der Waals surface area contributed by atoms with Crippen LogP contribution in [0.4, 0.5) is 11.4 Å². The fourth-order valence-electron chi connectivity index (χ4n) is 2.21. The van der Waals surface area contributed by atoms with Crippen molar-refractivity contribution in [1.29, 1.82) is 0 Å². The van der Waals surface area contributed by atoms with Gasteiger partial charge in [0.25, 0.3) is 0 Å². The van der Waals surface area contributed by atoms with E-state index in [9.17, 15) is 9.59 Å². The first kappa shape index (κ1) is 15.3. The molecule has 1 saturated heterocycles. The Morgan fingerprint density at radius 2 is 2.05 bits per heavy atom. The standard InChI is InChI=1S/C15H21N3O3/c1-9(11-7-16-8-11)15(20)18-12-4-5-14(21-3)13(6-12)17-10(2)19/h4-6,9,11,16H,7-8H2,1-3H3,(H,17,19)(H,18,20). The van der Waals surface area contributed by atoms with E-state index in [0.29, 0.717) is 23.0 Å². The zero-order valence-corrected chi connectivity index (χ0v) is 12.5. The number of nitrogens with one attached hydrogen (secondary N) is 3. The second-order valence-corrected chi connectivity index (χ2v) is 5.29. The number of rotatable bonds is 5. The van der Waals surface area contributed by atoms with Gasteiger partial charge in [0.05, 0.1) is 12.8 Å². The lowest BCUT2D eigenvalue weighted by molar-refractivity contribution is -0.121. The monoisotopic (exact) mass is 291 g/mol.